The van der Waals surface area contributed by atoms with Crippen molar-refractivity contribution in [3.05, 3.63) is 78.6 Å². The molecule has 3 rings (SSSR count). The summed E-state index contributed by atoms with van der Waals surface area (Å²) in [6.45, 7) is 4.16. The Labute approximate surface area is 160 Å². The van der Waals surface area contributed by atoms with Crippen LogP contribution in [0, 0.1) is 0 Å². The number of benzene rings is 2. The molecule has 1 N–H and O–H groups in total. The lowest BCUT2D eigenvalue weighted by Crippen LogP contribution is -2.25. The zero-order chi connectivity index (χ0) is 19.3. The predicted octanol–water partition coefficient (Wildman–Crippen LogP) is 5.06. The van der Waals surface area contributed by atoms with E-state index in [1.54, 1.807) is 19.5 Å². The molecule has 1 aromatic heterocycles. The second kappa shape index (κ2) is 8.04. The highest BCUT2D eigenvalue weighted by Gasteiger charge is 2.24. The molecule has 0 saturated carbocycles. The number of pyridine rings is 1. The monoisotopic (exact) mass is 360 g/mol. The normalized spacial score (nSPS) is 11.1. The van der Waals surface area contributed by atoms with Crippen molar-refractivity contribution in [2.75, 3.05) is 12.4 Å². The molecule has 0 spiro atoms. The lowest BCUT2D eigenvalue weighted by atomic mass is 9.81. The van der Waals surface area contributed by atoms with Gasteiger partial charge in [-0.1, -0.05) is 44.2 Å². The van der Waals surface area contributed by atoms with Crippen LogP contribution in [-0.4, -0.2) is 18.0 Å². The van der Waals surface area contributed by atoms with Crippen molar-refractivity contribution in [2.45, 2.75) is 25.7 Å². The van der Waals surface area contributed by atoms with Gasteiger partial charge in [-0.05, 0) is 40.8 Å². The van der Waals surface area contributed by atoms with Gasteiger partial charge in [-0.15, -0.1) is 0 Å². The number of anilines is 1. The Balaban J connectivity index is 1.75. The van der Waals surface area contributed by atoms with Crippen LogP contribution in [0.25, 0.3) is 11.1 Å². The van der Waals surface area contributed by atoms with Gasteiger partial charge in [0.05, 0.1) is 7.11 Å². The number of nitrogens with one attached hydrogen (secondary N) is 1. The molecule has 0 atom stereocenters. The van der Waals surface area contributed by atoms with Crippen molar-refractivity contribution in [3.63, 3.8) is 0 Å². The second-order valence-corrected chi connectivity index (χ2v) is 7.13. The van der Waals surface area contributed by atoms with E-state index in [9.17, 15) is 4.79 Å². The Hall–Kier alpha value is -3.14. The van der Waals surface area contributed by atoms with Gasteiger partial charge in [0.1, 0.15) is 5.75 Å². The summed E-state index contributed by atoms with van der Waals surface area (Å²) in [6, 6.07) is 19.6. The maximum atomic E-state index is 12.6. The van der Waals surface area contributed by atoms with Crippen LogP contribution >= 0.6 is 0 Å². The minimum absolute atomic E-state index is 0.0254. The van der Waals surface area contributed by atoms with E-state index in [0.29, 0.717) is 12.2 Å². The van der Waals surface area contributed by atoms with Gasteiger partial charge >= 0.3 is 0 Å². The van der Waals surface area contributed by atoms with E-state index in [2.05, 4.69) is 36.3 Å². The molecule has 0 bridgehead atoms. The number of hydrogen-bond donors (Lipinski definition) is 1. The van der Waals surface area contributed by atoms with Gasteiger partial charge in [0.25, 0.3) is 0 Å². The van der Waals surface area contributed by atoms with Crippen LogP contribution in [-0.2, 0) is 10.2 Å². The standard InChI is InChI=1S/C23H24N2O2/c1-23(2,18-7-5-4-6-8-18)16-22(26)25-19-9-10-20(21(15-19)27-3)17-11-13-24-14-12-17/h4-15H,16H2,1-3H3,(H,25,26). The number of amides is 1. The highest BCUT2D eigenvalue weighted by Crippen LogP contribution is 2.33. The molecule has 4 nitrogen and oxygen atoms in total. The molecule has 0 fully saturated rings. The van der Waals surface area contributed by atoms with Gasteiger partial charge in [0, 0.05) is 36.1 Å². The van der Waals surface area contributed by atoms with Crippen molar-refractivity contribution in [1.82, 2.24) is 4.98 Å². The van der Waals surface area contributed by atoms with Crippen LogP contribution in [0.1, 0.15) is 25.8 Å². The smallest absolute Gasteiger partial charge is 0.225 e. The molecule has 138 valence electrons. The molecule has 0 saturated heterocycles. The number of carbonyl (C=O) groups excluding carboxylic acids is 1. The van der Waals surface area contributed by atoms with Crippen molar-refractivity contribution in [3.8, 4) is 16.9 Å². The second-order valence-electron chi connectivity index (χ2n) is 7.13. The van der Waals surface area contributed by atoms with E-state index < -0.39 is 0 Å². The van der Waals surface area contributed by atoms with Gasteiger partial charge in [0.15, 0.2) is 0 Å². The quantitative estimate of drug-likeness (QED) is 0.668. The SMILES string of the molecule is COc1cc(NC(=O)CC(C)(C)c2ccccc2)ccc1-c1ccncc1. The van der Waals surface area contributed by atoms with Gasteiger partial charge in [-0.3, -0.25) is 9.78 Å². The number of hydrogen-bond acceptors (Lipinski definition) is 3. The summed E-state index contributed by atoms with van der Waals surface area (Å²) in [7, 11) is 1.63. The molecule has 1 heterocycles. The average Bonchev–Trinajstić information content (AvgIpc) is 2.68. The fourth-order valence-electron chi connectivity index (χ4n) is 3.14. The molecule has 0 aliphatic rings. The molecule has 0 aliphatic carbocycles. The summed E-state index contributed by atoms with van der Waals surface area (Å²) < 4.78 is 5.52. The lowest BCUT2D eigenvalue weighted by molar-refractivity contribution is -0.117. The number of rotatable bonds is 6. The van der Waals surface area contributed by atoms with E-state index >= 15 is 0 Å². The first kappa shape index (κ1) is 18.6. The van der Waals surface area contributed by atoms with Gasteiger partial charge in [-0.25, -0.2) is 0 Å². The summed E-state index contributed by atoms with van der Waals surface area (Å²) in [5, 5.41) is 2.99. The van der Waals surface area contributed by atoms with E-state index in [1.165, 1.54) is 0 Å². The first-order valence-corrected chi connectivity index (χ1v) is 8.93. The van der Waals surface area contributed by atoms with Crippen LogP contribution in [0.2, 0.25) is 0 Å². The third kappa shape index (κ3) is 4.53. The van der Waals surface area contributed by atoms with Crippen LogP contribution in [0.15, 0.2) is 73.1 Å². The maximum Gasteiger partial charge on any atom is 0.225 e. The first-order chi connectivity index (χ1) is 13.0. The van der Waals surface area contributed by atoms with Crippen LogP contribution in [0.4, 0.5) is 5.69 Å². The topological polar surface area (TPSA) is 51.2 Å². The predicted molar refractivity (Wildman–Crippen MR) is 109 cm³/mol. The van der Waals surface area contributed by atoms with E-state index in [1.807, 2.05) is 48.5 Å². The Morgan fingerprint density at radius 3 is 2.41 bits per heavy atom. The highest BCUT2D eigenvalue weighted by atomic mass is 16.5. The van der Waals surface area contributed by atoms with E-state index in [-0.39, 0.29) is 11.3 Å². The molecule has 1 amide bonds. The molecule has 3 aromatic rings. The molecular formula is C23H24N2O2. The number of carbonyl (C=O) groups is 1. The maximum absolute atomic E-state index is 12.6. The largest absolute Gasteiger partial charge is 0.496 e. The van der Waals surface area contributed by atoms with Crippen molar-refractivity contribution >= 4 is 11.6 Å². The Kier molecular flexibility index (Phi) is 5.55. The summed E-state index contributed by atoms with van der Waals surface area (Å²) in [4.78, 5) is 16.6. The van der Waals surface area contributed by atoms with Crippen LogP contribution < -0.4 is 10.1 Å². The van der Waals surface area contributed by atoms with Crippen LogP contribution in [0.5, 0.6) is 5.75 Å². The fraction of sp³-hybridized carbons (Fsp3) is 0.217. The zero-order valence-corrected chi connectivity index (χ0v) is 15.9. The molecule has 0 aliphatic heterocycles. The number of ether oxygens (including phenoxy) is 1. The first-order valence-electron chi connectivity index (χ1n) is 8.93. The number of aromatic nitrogens is 1. The molecular weight excluding hydrogens is 336 g/mol. The minimum atomic E-state index is -0.244. The molecule has 2 aromatic carbocycles. The Morgan fingerprint density at radius 1 is 1.04 bits per heavy atom. The summed E-state index contributed by atoms with van der Waals surface area (Å²) in [5.41, 5.74) is 3.60. The minimum Gasteiger partial charge on any atom is -0.496 e. The summed E-state index contributed by atoms with van der Waals surface area (Å²) in [5.74, 6) is 0.684. The summed E-state index contributed by atoms with van der Waals surface area (Å²) >= 11 is 0. The van der Waals surface area contributed by atoms with Crippen molar-refractivity contribution in [1.29, 1.82) is 0 Å². The number of methoxy groups -OCH3 is 1. The van der Waals surface area contributed by atoms with Crippen molar-refractivity contribution in [2.24, 2.45) is 0 Å². The average molecular weight is 360 g/mol. The third-order valence-electron chi connectivity index (χ3n) is 4.63. The highest BCUT2D eigenvalue weighted by molar-refractivity contribution is 5.92. The Bertz CT molecular complexity index is 906. The third-order valence-corrected chi connectivity index (χ3v) is 4.63. The van der Waals surface area contributed by atoms with Gasteiger partial charge in [-0.2, -0.15) is 0 Å². The molecule has 0 unspecified atom stereocenters. The van der Waals surface area contributed by atoms with Gasteiger partial charge < -0.3 is 10.1 Å². The Morgan fingerprint density at radius 2 is 1.74 bits per heavy atom. The van der Waals surface area contributed by atoms with Gasteiger partial charge in [0.2, 0.25) is 5.91 Å². The van der Waals surface area contributed by atoms with Crippen LogP contribution in [0.3, 0.4) is 0 Å². The molecule has 4 heteroatoms. The number of nitrogens with zero attached hydrogens (tertiary/aromatic N) is 1. The lowest BCUT2D eigenvalue weighted by Gasteiger charge is -2.24. The van der Waals surface area contributed by atoms with E-state index in [0.717, 1.165) is 22.4 Å². The molecule has 27 heavy (non-hydrogen) atoms. The fourth-order valence-corrected chi connectivity index (χ4v) is 3.14. The van der Waals surface area contributed by atoms with Crippen molar-refractivity contribution < 1.29 is 9.53 Å². The van der Waals surface area contributed by atoms with E-state index in [4.69, 9.17) is 4.74 Å². The summed E-state index contributed by atoms with van der Waals surface area (Å²) in [6.07, 6.45) is 3.89. The zero-order valence-electron chi connectivity index (χ0n) is 15.9. The molecule has 0 radical (unpaired) electrons.